The second-order valence-corrected chi connectivity index (χ2v) is 3.33. The fourth-order valence-electron chi connectivity index (χ4n) is 0.891. The summed E-state index contributed by atoms with van der Waals surface area (Å²) in [5, 5.41) is 0. The Labute approximate surface area is 89.3 Å². The minimum absolute atomic E-state index is 0.453. The molecule has 0 aliphatic rings. The van der Waals surface area contributed by atoms with E-state index >= 15 is 0 Å². The molecule has 0 aromatic carbocycles. The van der Waals surface area contributed by atoms with Crippen LogP contribution in [0.15, 0.2) is 23.9 Å². The number of halogens is 3. The van der Waals surface area contributed by atoms with Crippen molar-refractivity contribution < 1.29 is 13.2 Å². The predicted molar refractivity (Wildman–Crippen MR) is 56.5 cm³/mol. The highest BCUT2D eigenvalue weighted by Crippen LogP contribution is 2.27. The van der Waals surface area contributed by atoms with Gasteiger partial charge in [-0.15, -0.1) is 0 Å². The average Bonchev–Trinajstić information content (AvgIpc) is 2.15. The maximum Gasteiger partial charge on any atom is 0.416 e. The summed E-state index contributed by atoms with van der Waals surface area (Å²) in [6.45, 7) is 4.43. The van der Waals surface area contributed by atoms with Gasteiger partial charge in [0.15, 0.2) is 0 Å². The second kappa shape index (κ2) is 6.53. The van der Waals surface area contributed by atoms with Crippen LogP contribution in [0.4, 0.5) is 13.2 Å². The van der Waals surface area contributed by atoms with Gasteiger partial charge in [0.05, 0.1) is 5.57 Å². The Bertz CT molecular complexity index is 228. The van der Waals surface area contributed by atoms with Crippen molar-refractivity contribution in [2.24, 2.45) is 0 Å². The molecule has 88 valence electrons. The van der Waals surface area contributed by atoms with E-state index in [1.165, 1.54) is 12.3 Å². The summed E-state index contributed by atoms with van der Waals surface area (Å²) in [5.74, 6) is 0. The van der Waals surface area contributed by atoms with Crippen LogP contribution in [0.2, 0.25) is 0 Å². The SMILES string of the molecule is CCC/C=C(/C=C\N(C)CC)C(F)(F)F. The maximum atomic E-state index is 12.5. The summed E-state index contributed by atoms with van der Waals surface area (Å²) >= 11 is 0. The number of nitrogens with zero attached hydrogens (tertiary/aromatic N) is 1. The summed E-state index contributed by atoms with van der Waals surface area (Å²) in [6.07, 6.45) is 0.737. The van der Waals surface area contributed by atoms with Gasteiger partial charge < -0.3 is 4.90 Å². The van der Waals surface area contributed by atoms with E-state index in [1.54, 1.807) is 11.9 Å². The van der Waals surface area contributed by atoms with Crippen molar-refractivity contribution in [3.05, 3.63) is 23.9 Å². The molecule has 0 aliphatic carbocycles. The smallest absolute Gasteiger partial charge is 0.381 e. The third-order valence-electron chi connectivity index (χ3n) is 1.99. The molecule has 0 atom stereocenters. The Morgan fingerprint density at radius 3 is 2.27 bits per heavy atom. The molecule has 0 heterocycles. The van der Waals surface area contributed by atoms with Crippen LogP contribution in [0.5, 0.6) is 0 Å². The fraction of sp³-hybridized carbons (Fsp3) is 0.636. The van der Waals surface area contributed by atoms with Crippen LogP contribution in [0.25, 0.3) is 0 Å². The minimum atomic E-state index is -4.25. The largest absolute Gasteiger partial charge is 0.416 e. The number of unbranched alkanes of at least 4 members (excludes halogenated alkanes) is 1. The number of allylic oxidation sites excluding steroid dienone is 3. The summed E-state index contributed by atoms with van der Waals surface area (Å²) in [4.78, 5) is 1.70. The van der Waals surface area contributed by atoms with Crippen molar-refractivity contribution >= 4 is 0 Å². The summed E-state index contributed by atoms with van der Waals surface area (Å²) in [7, 11) is 1.74. The lowest BCUT2D eigenvalue weighted by Gasteiger charge is -2.12. The van der Waals surface area contributed by atoms with Crippen molar-refractivity contribution in [1.29, 1.82) is 0 Å². The molecule has 0 radical (unpaired) electrons. The Morgan fingerprint density at radius 1 is 1.27 bits per heavy atom. The number of hydrogen-bond donors (Lipinski definition) is 0. The zero-order valence-corrected chi connectivity index (χ0v) is 9.43. The molecule has 0 bridgehead atoms. The van der Waals surface area contributed by atoms with Gasteiger partial charge in [-0.1, -0.05) is 19.4 Å². The molecule has 0 saturated carbocycles. The lowest BCUT2D eigenvalue weighted by atomic mass is 10.2. The monoisotopic (exact) mass is 221 g/mol. The van der Waals surface area contributed by atoms with E-state index in [-0.39, 0.29) is 0 Å². The highest BCUT2D eigenvalue weighted by atomic mass is 19.4. The van der Waals surface area contributed by atoms with Gasteiger partial charge in [-0.25, -0.2) is 0 Å². The Kier molecular flexibility index (Phi) is 6.13. The summed E-state index contributed by atoms with van der Waals surface area (Å²) in [5.41, 5.74) is -0.565. The molecule has 0 fully saturated rings. The molecule has 0 aliphatic heterocycles. The molecule has 0 amide bonds. The van der Waals surface area contributed by atoms with Crippen LogP contribution in [-0.2, 0) is 0 Å². The first-order chi connectivity index (χ1) is 6.91. The molecular formula is C11H18F3N. The van der Waals surface area contributed by atoms with Crippen molar-refractivity contribution in [2.75, 3.05) is 13.6 Å². The van der Waals surface area contributed by atoms with E-state index in [0.29, 0.717) is 13.0 Å². The Balaban J connectivity index is 4.59. The number of alkyl halides is 3. The predicted octanol–water partition coefficient (Wildman–Crippen LogP) is 3.74. The second-order valence-electron chi connectivity index (χ2n) is 3.33. The normalized spacial score (nSPS) is 13.6. The molecule has 0 unspecified atom stereocenters. The zero-order valence-electron chi connectivity index (χ0n) is 9.43. The molecule has 0 aromatic heterocycles. The maximum absolute atomic E-state index is 12.5. The molecule has 0 rings (SSSR count). The molecule has 0 spiro atoms. The molecular weight excluding hydrogens is 203 g/mol. The summed E-state index contributed by atoms with van der Waals surface area (Å²) in [6, 6.07) is 0. The van der Waals surface area contributed by atoms with Crippen LogP contribution in [0.1, 0.15) is 26.7 Å². The Morgan fingerprint density at radius 2 is 1.87 bits per heavy atom. The van der Waals surface area contributed by atoms with Crippen LogP contribution in [-0.4, -0.2) is 24.7 Å². The van der Waals surface area contributed by atoms with Crippen LogP contribution < -0.4 is 0 Å². The summed E-state index contributed by atoms with van der Waals surface area (Å²) < 4.78 is 37.4. The van der Waals surface area contributed by atoms with Crippen molar-refractivity contribution in [2.45, 2.75) is 32.9 Å². The lowest BCUT2D eigenvalue weighted by molar-refractivity contribution is -0.0885. The first-order valence-electron chi connectivity index (χ1n) is 5.07. The van der Waals surface area contributed by atoms with Gasteiger partial charge in [0.1, 0.15) is 0 Å². The molecule has 0 aromatic rings. The third-order valence-corrected chi connectivity index (χ3v) is 1.99. The zero-order chi connectivity index (χ0) is 11.9. The first-order valence-corrected chi connectivity index (χ1v) is 5.07. The number of hydrogen-bond acceptors (Lipinski definition) is 1. The van der Waals surface area contributed by atoms with Crippen LogP contribution >= 0.6 is 0 Å². The van der Waals surface area contributed by atoms with E-state index in [2.05, 4.69) is 0 Å². The number of rotatable bonds is 5. The van der Waals surface area contributed by atoms with Gasteiger partial charge >= 0.3 is 6.18 Å². The van der Waals surface area contributed by atoms with Gasteiger partial charge in [0.2, 0.25) is 0 Å². The van der Waals surface area contributed by atoms with Gasteiger partial charge in [-0.05, 0) is 25.6 Å². The van der Waals surface area contributed by atoms with E-state index < -0.39 is 11.7 Å². The standard InChI is InChI=1S/C11H18F3N/c1-4-6-7-10(11(12,13)14)8-9-15(3)5-2/h7-9H,4-6H2,1-3H3/b9-8-,10-7-. The van der Waals surface area contributed by atoms with Crippen molar-refractivity contribution in [1.82, 2.24) is 4.90 Å². The average molecular weight is 221 g/mol. The van der Waals surface area contributed by atoms with E-state index in [0.717, 1.165) is 12.5 Å². The molecule has 1 nitrogen and oxygen atoms in total. The van der Waals surface area contributed by atoms with Crippen LogP contribution in [0.3, 0.4) is 0 Å². The van der Waals surface area contributed by atoms with Crippen LogP contribution in [0, 0.1) is 0 Å². The topological polar surface area (TPSA) is 3.24 Å². The van der Waals surface area contributed by atoms with Gasteiger partial charge in [0, 0.05) is 13.6 Å². The molecule has 4 heteroatoms. The highest BCUT2D eigenvalue weighted by molar-refractivity contribution is 5.23. The molecule has 0 N–H and O–H groups in total. The van der Waals surface area contributed by atoms with Crippen molar-refractivity contribution in [3.63, 3.8) is 0 Å². The Hall–Kier alpha value is -0.930. The minimum Gasteiger partial charge on any atom is -0.381 e. The highest BCUT2D eigenvalue weighted by Gasteiger charge is 2.31. The van der Waals surface area contributed by atoms with Gasteiger partial charge in [0.25, 0.3) is 0 Å². The third kappa shape index (κ3) is 6.20. The molecule has 15 heavy (non-hydrogen) atoms. The van der Waals surface area contributed by atoms with Gasteiger partial charge in [-0.3, -0.25) is 0 Å². The fourth-order valence-corrected chi connectivity index (χ4v) is 0.891. The van der Waals surface area contributed by atoms with Crippen molar-refractivity contribution in [3.8, 4) is 0 Å². The van der Waals surface area contributed by atoms with Gasteiger partial charge in [-0.2, -0.15) is 13.2 Å². The molecule has 0 saturated heterocycles. The lowest BCUT2D eigenvalue weighted by Crippen LogP contribution is -2.13. The van der Waals surface area contributed by atoms with E-state index in [1.807, 2.05) is 13.8 Å². The first kappa shape index (κ1) is 14.1. The van der Waals surface area contributed by atoms with E-state index in [9.17, 15) is 13.2 Å². The quantitative estimate of drug-likeness (QED) is 0.639. The van der Waals surface area contributed by atoms with E-state index in [4.69, 9.17) is 0 Å².